The first-order valence-corrected chi connectivity index (χ1v) is 4.22. The van der Waals surface area contributed by atoms with Crippen LogP contribution in [-0.2, 0) is 11.2 Å². The fourth-order valence-electron chi connectivity index (χ4n) is 1.16. The van der Waals surface area contributed by atoms with E-state index in [2.05, 4.69) is 5.32 Å². The van der Waals surface area contributed by atoms with Crippen LogP contribution in [0, 0.1) is 5.92 Å². The number of carbonyl (C=O) groups excluding carboxylic acids is 1. The third kappa shape index (κ3) is 2.59. The number of nitrogens with two attached hydrogens (primary N) is 1. The van der Waals surface area contributed by atoms with Gasteiger partial charge in [-0.1, -0.05) is 0 Å². The van der Waals surface area contributed by atoms with E-state index in [-0.39, 0.29) is 11.8 Å². The van der Waals surface area contributed by atoms with Gasteiger partial charge in [0.1, 0.15) is 5.76 Å². The molecule has 1 aromatic rings. The average molecular weight is 182 g/mol. The molecular formula is C9H14N2O2. The topological polar surface area (TPSA) is 68.3 Å². The van der Waals surface area contributed by atoms with E-state index in [1.807, 2.05) is 6.07 Å². The number of rotatable bonds is 4. The lowest BCUT2D eigenvalue weighted by Crippen LogP contribution is -2.33. The zero-order chi connectivity index (χ0) is 9.68. The molecule has 0 saturated carbocycles. The summed E-state index contributed by atoms with van der Waals surface area (Å²) in [4.78, 5) is 11.2. The van der Waals surface area contributed by atoms with E-state index in [4.69, 9.17) is 10.2 Å². The minimum Gasteiger partial charge on any atom is -0.469 e. The van der Waals surface area contributed by atoms with Crippen LogP contribution in [0.4, 0.5) is 0 Å². The van der Waals surface area contributed by atoms with Crippen LogP contribution in [0.1, 0.15) is 5.76 Å². The van der Waals surface area contributed by atoms with E-state index in [1.165, 1.54) is 0 Å². The molecule has 1 aromatic heterocycles. The van der Waals surface area contributed by atoms with Crippen LogP contribution in [0.2, 0.25) is 0 Å². The highest BCUT2D eigenvalue weighted by Crippen LogP contribution is 2.08. The van der Waals surface area contributed by atoms with E-state index >= 15 is 0 Å². The molecule has 1 amide bonds. The van der Waals surface area contributed by atoms with Crippen molar-refractivity contribution >= 4 is 5.91 Å². The fourth-order valence-corrected chi connectivity index (χ4v) is 1.16. The van der Waals surface area contributed by atoms with Crippen molar-refractivity contribution in [2.24, 2.45) is 11.7 Å². The van der Waals surface area contributed by atoms with Crippen LogP contribution in [0.3, 0.4) is 0 Å². The van der Waals surface area contributed by atoms with Gasteiger partial charge in [0.15, 0.2) is 0 Å². The Bertz CT molecular complexity index is 257. The Morgan fingerprint density at radius 2 is 2.54 bits per heavy atom. The summed E-state index contributed by atoms with van der Waals surface area (Å²) in [6.07, 6.45) is 2.15. The predicted octanol–water partition coefficient (Wildman–Crippen LogP) is 0.143. The molecule has 0 bridgehead atoms. The van der Waals surface area contributed by atoms with Gasteiger partial charge in [0, 0.05) is 20.0 Å². The minimum atomic E-state index is -0.198. The van der Waals surface area contributed by atoms with E-state index in [1.54, 1.807) is 19.4 Å². The maximum Gasteiger partial charge on any atom is 0.224 e. The molecule has 0 radical (unpaired) electrons. The van der Waals surface area contributed by atoms with E-state index in [0.29, 0.717) is 13.0 Å². The van der Waals surface area contributed by atoms with Gasteiger partial charge in [-0.05, 0) is 12.1 Å². The summed E-state index contributed by atoms with van der Waals surface area (Å²) in [6, 6.07) is 3.64. The molecule has 0 aromatic carbocycles. The third-order valence-corrected chi connectivity index (χ3v) is 1.93. The number of nitrogens with one attached hydrogen (secondary N) is 1. The van der Waals surface area contributed by atoms with Crippen molar-refractivity contribution in [1.82, 2.24) is 5.32 Å². The number of hydrogen-bond acceptors (Lipinski definition) is 3. The Kier molecular flexibility index (Phi) is 3.52. The first kappa shape index (κ1) is 9.80. The van der Waals surface area contributed by atoms with Crippen LogP contribution in [0.15, 0.2) is 22.8 Å². The highest BCUT2D eigenvalue weighted by Gasteiger charge is 2.16. The van der Waals surface area contributed by atoms with Gasteiger partial charge in [-0.15, -0.1) is 0 Å². The van der Waals surface area contributed by atoms with Crippen LogP contribution < -0.4 is 11.1 Å². The normalized spacial score (nSPS) is 12.5. The average Bonchev–Trinajstić information content (AvgIpc) is 2.65. The first-order valence-electron chi connectivity index (χ1n) is 4.22. The SMILES string of the molecule is CNC(=O)C(CN)Cc1ccco1. The van der Waals surface area contributed by atoms with Crippen LogP contribution in [0.5, 0.6) is 0 Å². The van der Waals surface area contributed by atoms with Crippen molar-refractivity contribution in [2.75, 3.05) is 13.6 Å². The van der Waals surface area contributed by atoms with E-state index < -0.39 is 0 Å². The molecule has 4 heteroatoms. The van der Waals surface area contributed by atoms with Crippen LogP contribution in [0.25, 0.3) is 0 Å². The number of amides is 1. The van der Waals surface area contributed by atoms with Gasteiger partial charge in [-0.2, -0.15) is 0 Å². The summed E-state index contributed by atoms with van der Waals surface area (Å²) < 4.78 is 5.12. The Hall–Kier alpha value is -1.29. The van der Waals surface area contributed by atoms with Crippen LogP contribution in [-0.4, -0.2) is 19.5 Å². The van der Waals surface area contributed by atoms with Gasteiger partial charge in [0.2, 0.25) is 5.91 Å². The fraction of sp³-hybridized carbons (Fsp3) is 0.444. The molecule has 4 nitrogen and oxygen atoms in total. The molecule has 1 atom stereocenters. The molecule has 0 spiro atoms. The Labute approximate surface area is 77.1 Å². The van der Waals surface area contributed by atoms with Crippen molar-refractivity contribution in [2.45, 2.75) is 6.42 Å². The number of furan rings is 1. The highest BCUT2D eigenvalue weighted by atomic mass is 16.3. The van der Waals surface area contributed by atoms with Crippen molar-refractivity contribution in [1.29, 1.82) is 0 Å². The summed E-state index contributed by atoms with van der Waals surface area (Å²) >= 11 is 0. The smallest absolute Gasteiger partial charge is 0.224 e. The summed E-state index contributed by atoms with van der Waals surface area (Å²) in [5, 5.41) is 2.57. The van der Waals surface area contributed by atoms with Crippen molar-refractivity contribution in [3.8, 4) is 0 Å². The molecule has 0 saturated heterocycles. The predicted molar refractivity (Wildman–Crippen MR) is 49.0 cm³/mol. The minimum absolute atomic E-state index is 0.0427. The second kappa shape index (κ2) is 4.67. The zero-order valence-electron chi connectivity index (χ0n) is 7.62. The maximum atomic E-state index is 11.2. The molecule has 0 aliphatic carbocycles. The summed E-state index contributed by atoms with van der Waals surface area (Å²) in [5.74, 6) is 0.550. The lowest BCUT2D eigenvalue weighted by atomic mass is 10.0. The Morgan fingerprint density at radius 1 is 1.77 bits per heavy atom. The largest absolute Gasteiger partial charge is 0.469 e. The molecule has 0 fully saturated rings. The van der Waals surface area contributed by atoms with Crippen molar-refractivity contribution < 1.29 is 9.21 Å². The first-order chi connectivity index (χ1) is 6.27. The van der Waals surface area contributed by atoms with Crippen molar-refractivity contribution in [3.05, 3.63) is 24.2 Å². The lowest BCUT2D eigenvalue weighted by molar-refractivity contribution is -0.124. The number of carbonyl (C=O) groups is 1. The highest BCUT2D eigenvalue weighted by molar-refractivity contribution is 5.78. The molecular weight excluding hydrogens is 168 g/mol. The number of hydrogen-bond donors (Lipinski definition) is 2. The molecule has 13 heavy (non-hydrogen) atoms. The van der Waals surface area contributed by atoms with Gasteiger partial charge in [0.25, 0.3) is 0 Å². The summed E-state index contributed by atoms with van der Waals surface area (Å²) in [7, 11) is 1.60. The quantitative estimate of drug-likeness (QED) is 0.696. The molecule has 0 aliphatic heterocycles. The van der Waals surface area contributed by atoms with Crippen molar-refractivity contribution in [3.63, 3.8) is 0 Å². The third-order valence-electron chi connectivity index (χ3n) is 1.93. The molecule has 1 unspecified atom stereocenters. The zero-order valence-corrected chi connectivity index (χ0v) is 7.62. The van der Waals surface area contributed by atoms with Gasteiger partial charge >= 0.3 is 0 Å². The maximum absolute atomic E-state index is 11.2. The summed E-state index contributed by atoms with van der Waals surface area (Å²) in [6.45, 7) is 0.334. The van der Waals surface area contributed by atoms with E-state index in [9.17, 15) is 4.79 Å². The molecule has 3 N–H and O–H groups in total. The van der Waals surface area contributed by atoms with Gasteiger partial charge in [-0.3, -0.25) is 4.79 Å². The van der Waals surface area contributed by atoms with Gasteiger partial charge in [0.05, 0.1) is 12.2 Å². The van der Waals surface area contributed by atoms with Gasteiger partial charge in [-0.25, -0.2) is 0 Å². The molecule has 72 valence electrons. The summed E-state index contributed by atoms with van der Waals surface area (Å²) in [5.41, 5.74) is 5.46. The molecule has 1 heterocycles. The molecule has 0 aliphatic rings. The monoisotopic (exact) mass is 182 g/mol. The second-order valence-electron chi connectivity index (χ2n) is 2.83. The second-order valence-corrected chi connectivity index (χ2v) is 2.83. The standard InChI is InChI=1S/C9H14N2O2/c1-11-9(12)7(6-10)5-8-3-2-4-13-8/h2-4,7H,5-6,10H2,1H3,(H,11,12). The van der Waals surface area contributed by atoms with Crippen LogP contribution >= 0.6 is 0 Å². The van der Waals surface area contributed by atoms with Gasteiger partial charge < -0.3 is 15.5 Å². The van der Waals surface area contributed by atoms with E-state index in [0.717, 1.165) is 5.76 Å². The lowest BCUT2D eigenvalue weighted by Gasteiger charge is -2.10. The molecule has 1 rings (SSSR count). The Morgan fingerprint density at radius 3 is 3.00 bits per heavy atom. The Balaban J connectivity index is 2.54.